The van der Waals surface area contributed by atoms with E-state index < -0.39 is 6.36 Å². The molecule has 0 saturated carbocycles. The van der Waals surface area contributed by atoms with Gasteiger partial charge in [0.15, 0.2) is 0 Å². The summed E-state index contributed by atoms with van der Waals surface area (Å²) >= 11 is 0. The van der Waals surface area contributed by atoms with Gasteiger partial charge < -0.3 is 15.4 Å². The number of nitrogens with zero attached hydrogens (tertiary/aromatic N) is 1. The van der Waals surface area contributed by atoms with Crippen LogP contribution in [-0.2, 0) is 4.79 Å². The molecule has 8 heteroatoms. The predicted molar refractivity (Wildman–Crippen MR) is 64.9 cm³/mol. The molecule has 0 unspecified atom stereocenters. The van der Waals surface area contributed by atoms with Crippen LogP contribution in [-0.4, -0.2) is 25.4 Å². The third kappa shape index (κ3) is 6.49. The summed E-state index contributed by atoms with van der Waals surface area (Å²) in [6.07, 6.45) is -4.51. The third-order valence-electron chi connectivity index (χ3n) is 2.10. The molecule has 1 amide bonds. The van der Waals surface area contributed by atoms with E-state index in [4.69, 9.17) is 5.26 Å². The Morgan fingerprint density at radius 3 is 2.50 bits per heavy atom. The van der Waals surface area contributed by atoms with Crippen LogP contribution in [0.4, 0.5) is 18.9 Å². The molecular formula is C12H12F3N3O2. The molecular weight excluding hydrogens is 275 g/mol. The standard InChI is InChI=1S/C12H12F3N3O2/c13-12(14,15)20-10-4-2-9(3-5-10)18-8-11(19)17-7-1-6-16/h2-5,18H,1,7-8H2,(H,17,19). The van der Waals surface area contributed by atoms with Crippen molar-refractivity contribution in [3.05, 3.63) is 24.3 Å². The monoisotopic (exact) mass is 287 g/mol. The van der Waals surface area contributed by atoms with Gasteiger partial charge in [-0.05, 0) is 24.3 Å². The van der Waals surface area contributed by atoms with Gasteiger partial charge in [0.1, 0.15) is 5.75 Å². The van der Waals surface area contributed by atoms with Crippen molar-refractivity contribution in [3.63, 3.8) is 0 Å². The van der Waals surface area contributed by atoms with E-state index in [9.17, 15) is 18.0 Å². The highest BCUT2D eigenvalue weighted by molar-refractivity contribution is 5.80. The maximum atomic E-state index is 11.9. The Morgan fingerprint density at radius 1 is 1.30 bits per heavy atom. The van der Waals surface area contributed by atoms with Crippen LogP contribution in [0.15, 0.2) is 24.3 Å². The van der Waals surface area contributed by atoms with Gasteiger partial charge in [0, 0.05) is 12.2 Å². The second-order valence-electron chi connectivity index (χ2n) is 3.68. The van der Waals surface area contributed by atoms with Gasteiger partial charge in [-0.2, -0.15) is 5.26 Å². The number of anilines is 1. The van der Waals surface area contributed by atoms with Crippen LogP contribution in [0.5, 0.6) is 5.75 Å². The Balaban J connectivity index is 2.38. The zero-order chi connectivity index (χ0) is 15.0. The van der Waals surface area contributed by atoms with E-state index in [1.165, 1.54) is 12.1 Å². The zero-order valence-electron chi connectivity index (χ0n) is 10.3. The first-order chi connectivity index (χ1) is 9.40. The Morgan fingerprint density at radius 2 is 1.95 bits per heavy atom. The van der Waals surface area contributed by atoms with Crippen molar-refractivity contribution in [2.45, 2.75) is 12.8 Å². The number of carbonyl (C=O) groups is 1. The summed E-state index contributed by atoms with van der Waals surface area (Å²) in [5, 5.41) is 13.5. The van der Waals surface area contributed by atoms with Crippen molar-refractivity contribution in [2.24, 2.45) is 0 Å². The maximum Gasteiger partial charge on any atom is 0.573 e. The summed E-state index contributed by atoms with van der Waals surface area (Å²) in [6.45, 7) is 0.222. The second kappa shape index (κ2) is 7.23. The van der Waals surface area contributed by atoms with E-state index in [1.54, 1.807) is 0 Å². The van der Waals surface area contributed by atoms with Gasteiger partial charge in [0.2, 0.25) is 5.91 Å². The molecule has 0 aliphatic carbocycles. The molecule has 108 valence electrons. The summed E-state index contributed by atoms with van der Waals surface area (Å²) < 4.78 is 39.5. The molecule has 0 atom stereocenters. The smallest absolute Gasteiger partial charge is 0.406 e. The molecule has 0 saturated heterocycles. The Kier molecular flexibility index (Phi) is 5.65. The summed E-state index contributed by atoms with van der Waals surface area (Å²) in [6, 6.07) is 6.89. The molecule has 20 heavy (non-hydrogen) atoms. The Labute approximate surface area is 113 Å². The van der Waals surface area contributed by atoms with Gasteiger partial charge in [-0.25, -0.2) is 0 Å². The molecule has 5 nitrogen and oxygen atoms in total. The molecule has 2 N–H and O–H groups in total. The number of carbonyl (C=O) groups excluding carboxylic acids is 1. The van der Waals surface area contributed by atoms with Crippen molar-refractivity contribution in [2.75, 3.05) is 18.4 Å². The topological polar surface area (TPSA) is 74.2 Å². The minimum atomic E-state index is -4.73. The number of alkyl halides is 3. The highest BCUT2D eigenvalue weighted by Crippen LogP contribution is 2.23. The highest BCUT2D eigenvalue weighted by atomic mass is 19.4. The molecule has 0 aliphatic rings. The first kappa shape index (κ1) is 15.6. The van der Waals surface area contributed by atoms with Crippen molar-refractivity contribution < 1.29 is 22.7 Å². The zero-order valence-corrected chi connectivity index (χ0v) is 10.3. The lowest BCUT2D eigenvalue weighted by atomic mass is 10.3. The lowest BCUT2D eigenvalue weighted by molar-refractivity contribution is -0.274. The van der Waals surface area contributed by atoms with Crippen LogP contribution in [0.2, 0.25) is 0 Å². The van der Waals surface area contributed by atoms with E-state index in [0.29, 0.717) is 5.69 Å². The average Bonchev–Trinajstić information content (AvgIpc) is 2.36. The SMILES string of the molecule is N#CCCNC(=O)CNc1ccc(OC(F)(F)F)cc1. The van der Waals surface area contributed by atoms with Crippen LogP contribution in [0.1, 0.15) is 6.42 Å². The van der Waals surface area contributed by atoms with Crippen molar-refractivity contribution >= 4 is 11.6 Å². The quantitative estimate of drug-likeness (QED) is 0.785. The van der Waals surface area contributed by atoms with Crippen LogP contribution in [0.25, 0.3) is 0 Å². The van der Waals surface area contributed by atoms with E-state index >= 15 is 0 Å². The maximum absolute atomic E-state index is 11.9. The number of ether oxygens (including phenoxy) is 1. The minimum Gasteiger partial charge on any atom is -0.406 e. The van der Waals surface area contributed by atoms with E-state index in [-0.39, 0.29) is 31.2 Å². The Bertz CT molecular complexity index is 480. The van der Waals surface area contributed by atoms with Crippen molar-refractivity contribution in [1.82, 2.24) is 5.32 Å². The number of hydrogen-bond donors (Lipinski definition) is 2. The first-order valence-corrected chi connectivity index (χ1v) is 5.64. The minimum absolute atomic E-state index is 0.0368. The largest absolute Gasteiger partial charge is 0.573 e. The molecule has 0 heterocycles. The summed E-state index contributed by atoms with van der Waals surface area (Å²) in [5.41, 5.74) is 0.481. The van der Waals surface area contributed by atoms with Crippen LogP contribution in [0.3, 0.4) is 0 Å². The van der Waals surface area contributed by atoms with Crippen LogP contribution in [0, 0.1) is 11.3 Å². The molecule has 0 fully saturated rings. The number of rotatable bonds is 6. The van der Waals surface area contributed by atoms with Gasteiger partial charge >= 0.3 is 6.36 Å². The van der Waals surface area contributed by atoms with Crippen LogP contribution < -0.4 is 15.4 Å². The summed E-state index contributed by atoms with van der Waals surface area (Å²) in [7, 11) is 0. The lowest BCUT2D eigenvalue weighted by Crippen LogP contribution is -2.30. The van der Waals surface area contributed by atoms with Gasteiger partial charge in [0.05, 0.1) is 19.0 Å². The second-order valence-corrected chi connectivity index (χ2v) is 3.68. The molecule has 1 rings (SSSR count). The van der Waals surface area contributed by atoms with E-state index in [1.807, 2.05) is 6.07 Å². The number of halogens is 3. The fourth-order valence-corrected chi connectivity index (χ4v) is 1.28. The van der Waals surface area contributed by atoms with Gasteiger partial charge in [-0.3, -0.25) is 4.79 Å². The lowest BCUT2D eigenvalue weighted by Gasteiger charge is -2.10. The molecule has 0 aliphatic heterocycles. The third-order valence-corrected chi connectivity index (χ3v) is 2.10. The van der Waals surface area contributed by atoms with E-state index in [0.717, 1.165) is 12.1 Å². The molecule has 0 spiro atoms. The molecule has 0 bridgehead atoms. The fraction of sp³-hybridized carbons (Fsp3) is 0.333. The predicted octanol–water partition coefficient (Wildman–Crippen LogP) is 2.03. The molecule has 1 aromatic rings. The average molecular weight is 287 g/mol. The number of nitriles is 1. The number of amides is 1. The Hall–Kier alpha value is -2.43. The van der Waals surface area contributed by atoms with Crippen molar-refractivity contribution in [3.8, 4) is 11.8 Å². The van der Waals surface area contributed by atoms with Crippen molar-refractivity contribution in [1.29, 1.82) is 5.26 Å². The molecule has 1 aromatic carbocycles. The first-order valence-electron chi connectivity index (χ1n) is 5.64. The molecule has 0 radical (unpaired) electrons. The number of hydrogen-bond acceptors (Lipinski definition) is 4. The molecule has 0 aromatic heterocycles. The summed E-state index contributed by atoms with van der Waals surface area (Å²) in [4.78, 5) is 11.3. The number of nitrogens with one attached hydrogen (secondary N) is 2. The van der Waals surface area contributed by atoms with Gasteiger partial charge in [0.25, 0.3) is 0 Å². The van der Waals surface area contributed by atoms with Gasteiger partial charge in [-0.15, -0.1) is 13.2 Å². The normalized spacial score (nSPS) is 10.5. The highest BCUT2D eigenvalue weighted by Gasteiger charge is 2.30. The van der Waals surface area contributed by atoms with E-state index in [2.05, 4.69) is 15.4 Å². The number of benzene rings is 1. The van der Waals surface area contributed by atoms with Crippen LogP contribution >= 0.6 is 0 Å². The fourth-order valence-electron chi connectivity index (χ4n) is 1.28. The van der Waals surface area contributed by atoms with Gasteiger partial charge in [-0.1, -0.05) is 0 Å². The summed E-state index contributed by atoms with van der Waals surface area (Å²) in [5.74, 6) is -0.641.